The van der Waals surface area contributed by atoms with Gasteiger partial charge in [-0.15, -0.1) is 0 Å². The van der Waals surface area contributed by atoms with Crippen LogP contribution in [0.2, 0.25) is 5.02 Å². The number of hydrogen-bond donors (Lipinski definition) is 1. The Bertz CT molecular complexity index is 782. The van der Waals surface area contributed by atoms with E-state index in [1.165, 1.54) is 0 Å². The Morgan fingerprint density at radius 2 is 2.05 bits per heavy atom. The van der Waals surface area contributed by atoms with E-state index in [2.05, 4.69) is 4.98 Å². The van der Waals surface area contributed by atoms with Crippen LogP contribution in [0.1, 0.15) is 32.1 Å². The Morgan fingerprint density at radius 3 is 2.71 bits per heavy atom. The van der Waals surface area contributed by atoms with Crippen LogP contribution in [0.15, 0.2) is 24.3 Å². The molecule has 1 aliphatic rings. The lowest BCUT2D eigenvalue weighted by atomic mass is 9.93. The molecule has 0 fully saturated rings. The fourth-order valence-electron chi connectivity index (χ4n) is 2.49. The van der Waals surface area contributed by atoms with Gasteiger partial charge in [0.25, 0.3) is 0 Å². The van der Waals surface area contributed by atoms with Gasteiger partial charge in [-0.2, -0.15) is 0 Å². The van der Waals surface area contributed by atoms with Gasteiger partial charge in [0, 0.05) is 16.1 Å². The normalized spacial score (nSPS) is 13.0. The number of fused-ring (bicyclic) bond motifs is 1. The van der Waals surface area contributed by atoms with Crippen LogP contribution in [0.5, 0.6) is 0 Å². The van der Waals surface area contributed by atoms with E-state index in [1.807, 2.05) is 0 Å². The van der Waals surface area contributed by atoms with Gasteiger partial charge in [-0.1, -0.05) is 29.8 Å². The predicted octanol–water partition coefficient (Wildman–Crippen LogP) is 3.08. The summed E-state index contributed by atoms with van der Waals surface area (Å²) in [6, 6.07) is 6.79. The molecule has 0 radical (unpaired) electrons. The monoisotopic (exact) mass is 303 g/mol. The van der Waals surface area contributed by atoms with Gasteiger partial charge in [-0.25, -0.2) is 9.59 Å². The predicted molar refractivity (Wildman–Crippen MR) is 75.5 cm³/mol. The molecule has 0 bridgehead atoms. The van der Waals surface area contributed by atoms with E-state index in [4.69, 9.17) is 16.3 Å². The molecule has 106 valence electrons. The van der Waals surface area contributed by atoms with Crippen molar-refractivity contribution in [2.45, 2.75) is 13.5 Å². The summed E-state index contributed by atoms with van der Waals surface area (Å²) in [5.74, 6) is -1.73. The summed E-state index contributed by atoms with van der Waals surface area (Å²) in [6.45, 7) is 1.64. The van der Waals surface area contributed by atoms with Crippen LogP contribution in [0.3, 0.4) is 0 Å². The lowest BCUT2D eigenvalue weighted by Gasteiger charge is -2.13. The molecule has 1 aliphatic heterocycles. The smallest absolute Gasteiger partial charge is 0.341 e. The van der Waals surface area contributed by atoms with Crippen LogP contribution in [0.25, 0.3) is 11.1 Å². The molecule has 5 nitrogen and oxygen atoms in total. The summed E-state index contributed by atoms with van der Waals surface area (Å²) in [5.41, 5.74) is 1.69. The number of esters is 1. The average Bonchev–Trinajstić information content (AvgIpc) is 2.79. The number of halogens is 1. The van der Waals surface area contributed by atoms with Gasteiger partial charge in [0.05, 0.1) is 22.5 Å². The number of aromatic carboxylic acids is 1. The minimum atomic E-state index is -1.16. The molecule has 0 aliphatic carbocycles. The number of carboxylic acid groups (broad SMARTS) is 1. The zero-order valence-corrected chi connectivity index (χ0v) is 11.8. The number of ether oxygens (including phenoxy) is 1. The van der Waals surface area contributed by atoms with Crippen molar-refractivity contribution in [1.29, 1.82) is 0 Å². The van der Waals surface area contributed by atoms with Gasteiger partial charge < -0.3 is 9.84 Å². The summed E-state index contributed by atoms with van der Waals surface area (Å²) in [4.78, 5) is 27.7. The Kier molecular flexibility index (Phi) is 3.14. The molecule has 2 heterocycles. The van der Waals surface area contributed by atoms with Gasteiger partial charge >= 0.3 is 11.9 Å². The number of aryl methyl sites for hydroxylation is 1. The number of carboxylic acids is 1. The van der Waals surface area contributed by atoms with Crippen molar-refractivity contribution >= 4 is 23.5 Å². The molecule has 3 rings (SSSR count). The van der Waals surface area contributed by atoms with E-state index in [0.717, 1.165) is 0 Å². The van der Waals surface area contributed by atoms with E-state index in [9.17, 15) is 14.7 Å². The van der Waals surface area contributed by atoms with Crippen LogP contribution < -0.4 is 0 Å². The minimum absolute atomic E-state index is 0.0271. The molecule has 21 heavy (non-hydrogen) atoms. The molecule has 0 saturated carbocycles. The summed E-state index contributed by atoms with van der Waals surface area (Å²) in [7, 11) is 0. The zero-order valence-electron chi connectivity index (χ0n) is 11.0. The second-order valence-electron chi connectivity index (χ2n) is 4.63. The molecule has 0 saturated heterocycles. The maximum atomic E-state index is 12.0. The second-order valence-corrected chi connectivity index (χ2v) is 5.04. The number of nitrogens with zero attached hydrogens (tertiary/aromatic N) is 1. The number of cyclic esters (lactones) is 1. The standard InChI is InChI=1S/C15H10ClNO4/c1-7-11(14(18)19)12(8-4-2-3-5-9(8)16)13-10(17-7)6-21-15(13)20/h2-5H,6H2,1H3,(H,18,19). The average molecular weight is 304 g/mol. The van der Waals surface area contributed by atoms with Crippen LogP contribution in [0.4, 0.5) is 0 Å². The molecule has 0 atom stereocenters. The molecule has 0 unspecified atom stereocenters. The minimum Gasteiger partial charge on any atom is -0.478 e. The van der Waals surface area contributed by atoms with Gasteiger partial charge in [-0.3, -0.25) is 4.98 Å². The number of benzene rings is 1. The van der Waals surface area contributed by atoms with Crippen molar-refractivity contribution < 1.29 is 19.4 Å². The molecule has 2 aromatic rings. The van der Waals surface area contributed by atoms with Crippen molar-refractivity contribution in [3.63, 3.8) is 0 Å². The number of carbonyl (C=O) groups is 2. The Labute approximate surface area is 125 Å². The molecular weight excluding hydrogens is 294 g/mol. The number of aromatic nitrogens is 1. The second kappa shape index (κ2) is 4.86. The third-order valence-electron chi connectivity index (χ3n) is 3.35. The number of rotatable bonds is 2. The molecule has 1 N–H and O–H groups in total. The maximum Gasteiger partial charge on any atom is 0.341 e. The van der Waals surface area contributed by atoms with Crippen molar-refractivity contribution in [3.8, 4) is 11.1 Å². The van der Waals surface area contributed by atoms with Crippen molar-refractivity contribution in [2.24, 2.45) is 0 Å². The summed E-state index contributed by atoms with van der Waals surface area (Å²) < 4.78 is 4.98. The van der Waals surface area contributed by atoms with Crippen LogP contribution in [0, 0.1) is 6.92 Å². The van der Waals surface area contributed by atoms with Gasteiger partial charge in [-0.05, 0) is 13.0 Å². The van der Waals surface area contributed by atoms with Crippen molar-refractivity contribution in [2.75, 3.05) is 0 Å². The highest BCUT2D eigenvalue weighted by molar-refractivity contribution is 6.34. The van der Waals surface area contributed by atoms with Gasteiger partial charge in [0.15, 0.2) is 0 Å². The number of hydrogen-bond acceptors (Lipinski definition) is 4. The first-order valence-corrected chi connectivity index (χ1v) is 6.57. The van der Waals surface area contributed by atoms with Gasteiger partial charge in [0.1, 0.15) is 6.61 Å². The Balaban J connectivity index is 2.45. The fourth-order valence-corrected chi connectivity index (χ4v) is 2.72. The van der Waals surface area contributed by atoms with Crippen LogP contribution >= 0.6 is 11.6 Å². The van der Waals surface area contributed by atoms with Crippen molar-refractivity contribution in [1.82, 2.24) is 4.98 Å². The molecule has 1 aromatic heterocycles. The highest BCUT2D eigenvalue weighted by Crippen LogP contribution is 2.38. The van der Waals surface area contributed by atoms with E-state index in [0.29, 0.717) is 22.0 Å². The van der Waals surface area contributed by atoms with E-state index < -0.39 is 11.9 Å². The number of pyridine rings is 1. The van der Waals surface area contributed by atoms with E-state index in [1.54, 1.807) is 31.2 Å². The summed E-state index contributed by atoms with van der Waals surface area (Å²) in [6.07, 6.45) is 0. The van der Waals surface area contributed by atoms with Crippen molar-refractivity contribution in [3.05, 3.63) is 51.8 Å². The summed E-state index contributed by atoms with van der Waals surface area (Å²) >= 11 is 6.17. The third-order valence-corrected chi connectivity index (χ3v) is 3.68. The first-order chi connectivity index (χ1) is 10.0. The lowest BCUT2D eigenvalue weighted by molar-refractivity contribution is 0.0533. The first kappa shape index (κ1) is 13.6. The molecule has 6 heteroatoms. The molecule has 0 amide bonds. The van der Waals surface area contributed by atoms with Crippen LogP contribution in [-0.4, -0.2) is 22.0 Å². The molecule has 0 spiro atoms. The molecule has 1 aromatic carbocycles. The topological polar surface area (TPSA) is 76.5 Å². The Hall–Kier alpha value is -2.40. The third kappa shape index (κ3) is 2.06. The zero-order chi connectivity index (χ0) is 15.1. The highest BCUT2D eigenvalue weighted by atomic mass is 35.5. The van der Waals surface area contributed by atoms with E-state index in [-0.39, 0.29) is 23.3 Å². The SMILES string of the molecule is Cc1nc2c(c(-c3ccccc3Cl)c1C(=O)O)C(=O)OC2. The van der Waals surface area contributed by atoms with Crippen LogP contribution in [-0.2, 0) is 11.3 Å². The first-order valence-electron chi connectivity index (χ1n) is 6.19. The summed E-state index contributed by atoms with van der Waals surface area (Å²) in [5, 5.41) is 9.85. The quantitative estimate of drug-likeness (QED) is 0.863. The van der Waals surface area contributed by atoms with E-state index >= 15 is 0 Å². The largest absolute Gasteiger partial charge is 0.478 e. The Morgan fingerprint density at radius 1 is 1.33 bits per heavy atom. The highest BCUT2D eigenvalue weighted by Gasteiger charge is 2.32. The number of carbonyl (C=O) groups excluding carboxylic acids is 1. The fraction of sp³-hybridized carbons (Fsp3) is 0.133. The van der Waals surface area contributed by atoms with Gasteiger partial charge in [0.2, 0.25) is 0 Å². The lowest BCUT2D eigenvalue weighted by Crippen LogP contribution is -2.11. The molecular formula is C15H10ClNO4. The maximum absolute atomic E-state index is 12.0.